The van der Waals surface area contributed by atoms with E-state index in [0.29, 0.717) is 0 Å². The fourth-order valence-corrected chi connectivity index (χ4v) is 1.69. The van der Waals surface area contributed by atoms with Crippen LogP contribution in [0.25, 0.3) is 0 Å². The first-order chi connectivity index (χ1) is 7.36. The summed E-state index contributed by atoms with van der Waals surface area (Å²) in [6.07, 6.45) is 0. The van der Waals surface area contributed by atoms with Crippen LogP contribution < -0.4 is 4.46 Å². The summed E-state index contributed by atoms with van der Waals surface area (Å²) in [4.78, 5) is 0. The maximum atomic E-state index is 3.16. The fraction of sp³-hybridized carbons (Fsp3) is 0. The van der Waals surface area contributed by atoms with Crippen molar-refractivity contribution in [1.82, 2.24) is 0 Å². The van der Waals surface area contributed by atoms with Crippen molar-refractivity contribution in [3.05, 3.63) is 65.7 Å². The van der Waals surface area contributed by atoms with Gasteiger partial charge in [0.2, 0.25) is 0 Å². The van der Waals surface area contributed by atoms with E-state index < -0.39 is 0 Å². The predicted octanol–water partition coefficient (Wildman–Crippen LogP) is 1.61. The minimum absolute atomic E-state index is 1.05. The molecule has 15 heavy (non-hydrogen) atoms. The van der Waals surface area contributed by atoms with Gasteiger partial charge in [-0.25, -0.2) is 0 Å². The summed E-state index contributed by atoms with van der Waals surface area (Å²) in [5, 5.41) is 0. The van der Waals surface area contributed by atoms with Crippen molar-refractivity contribution in [2.24, 2.45) is 0 Å². The molecule has 2 aromatic carbocycles. The molecule has 0 aliphatic rings. The zero-order valence-corrected chi connectivity index (χ0v) is 10.0. The van der Waals surface area contributed by atoms with Crippen LogP contribution in [0.15, 0.2) is 54.6 Å². The Labute approximate surface area is 98.2 Å². The van der Waals surface area contributed by atoms with Gasteiger partial charge in [-0.2, -0.15) is 0 Å². The molecule has 0 radical (unpaired) electrons. The van der Waals surface area contributed by atoms with Crippen LogP contribution in [0.5, 0.6) is 0 Å². The average molecular weight is 257 g/mol. The minimum atomic E-state index is 1.05. The number of benzene rings is 2. The molecule has 0 spiro atoms. The van der Waals surface area contributed by atoms with Crippen LogP contribution >= 0.6 is 0 Å². The molecular formula is C14H10Se. The van der Waals surface area contributed by atoms with Gasteiger partial charge in [0.1, 0.15) is 0 Å². The van der Waals surface area contributed by atoms with Crippen LogP contribution in [0.1, 0.15) is 11.1 Å². The number of hydrogen-bond acceptors (Lipinski definition) is 0. The van der Waals surface area contributed by atoms with Gasteiger partial charge in [0.15, 0.2) is 0 Å². The third-order valence-corrected chi connectivity index (χ3v) is 2.84. The van der Waals surface area contributed by atoms with Crippen molar-refractivity contribution in [1.29, 1.82) is 0 Å². The van der Waals surface area contributed by atoms with Gasteiger partial charge >= 0.3 is 98.0 Å². The molecular weight excluding hydrogens is 247 g/mol. The van der Waals surface area contributed by atoms with Gasteiger partial charge < -0.3 is 0 Å². The van der Waals surface area contributed by atoms with Crippen LogP contribution in [0.2, 0.25) is 0 Å². The summed E-state index contributed by atoms with van der Waals surface area (Å²) in [5.74, 6) is 6.31. The Kier molecular flexibility index (Phi) is 3.25. The topological polar surface area (TPSA) is 0 Å². The third kappa shape index (κ3) is 2.73. The van der Waals surface area contributed by atoms with Crippen LogP contribution in [0, 0.1) is 11.8 Å². The second-order valence-electron chi connectivity index (χ2n) is 3.13. The molecule has 0 atom stereocenters. The van der Waals surface area contributed by atoms with Gasteiger partial charge in [-0.15, -0.1) is 0 Å². The van der Waals surface area contributed by atoms with Gasteiger partial charge in [-0.05, 0) is 0 Å². The summed E-state index contributed by atoms with van der Waals surface area (Å²) in [5.41, 5.74) is 2.12. The van der Waals surface area contributed by atoms with Crippen molar-refractivity contribution < 1.29 is 0 Å². The third-order valence-electron chi connectivity index (χ3n) is 2.02. The zero-order chi connectivity index (χ0) is 10.5. The summed E-state index contributed by atoms with van der Waals surface area (Å²) in [7, 11) is 0. The Morgan fingerprint density at radius 3 is 2.13 bits per heavy atom. The van der Waals surface area contributed by atoms with Crippen molar-refractivity contribution in [3.8, 4) is 11.8 Å². The van der Waals surface area contributed by atoms with E-state index in [9.17, 15) is 0 Å². The van der Waals surface area contributed by atoms with Crippen molar-refractivity contribution in [2.75, 3.05) is 0 Å². The Morgan fingerprint density at radius 2 is 1.40 bits per heavy atom. The Bertz CT molecular complexity index is 504. The Balaban J connectivity index is 2.31. The molecule has 0 aromatic heterocycles. The van der Waals surface area contributed by atoms with E-state index in [4.69, 9.17) is 0 Å². The van der Waals surface area contributed by atoms with Gasteiger partial charge in [-0.1, -0.05) is 0 Å². The first-order valence-electron chi connectivity index (χ1n) is 4.71. The van der Waals surface area contributed by atoms with E-state index >= 15 is 0 Å². The molecule has 0 aliphatic heterocycles. The molecule has 2 aromatic rings. The van der Waals surface area contributed by atoms with Gasteiger partial charge in [0.05, 0.1) is 0 Å². The van der Waals surface area contributed by atoms with Crippen LogP contribution in [0.4, 0.5) is 0 Å². The SMILES string of the molecule is [SeH]c1ccccc1C#Cc1ccccc1. The molecule has 0 heterocycles. The van der Waals surface area contributed by atoms with E-state index in [0.717, 1.165) is 15.6 Å². The summed E-state index contributed by atoms with van der Waals surface area (Å²) < 4.78 is 1.16. The average Bonchev–Trinajstić information content (AvgIpc) is 2.29. The standard InChI is InChI=1S/C14H10Se/c15-14-9-5-4-8-13(14)11-10-12-6-2-1-3-7-12/h1-9,15H. The van der Waals surface area contributed by atoms with Crippen molar-refractivity contribution >= 4 is 20.5 Å². The Morgan fingerprint density at radius 1 is 0.733 bits per heavy atom. The molecule has 0 N–H and O–H groups in total. The Hall–Kier alpha value is -1.48. The molecule has 0 bridgehead atoms. The van der Waals surface area contributed by atoms with Crippen LogP contribution in [-0.4, -0.2) is 16.0 Å². The van der Waals surface area contributed by atoms with Gasteiger partial charge in [-0.3, -0.25) is 0 Å². The molecule has 0 nitrogen and oxygen atoms in total. The second-order valence-corrected chi connectivity index (χ2v) is 4.14. The van der Waals surface area contributed by atoms with Crippen molar-refractivity contribution in [3.63, 3.8) is 0 Å². The summed E-state index contributed by atoms with van der Waals surface area (Å²) in [6, 6.07) is 18.1. The first-order valence-corrected chi connectivity index (χ1v) is 5.65. The molecule has 0 saturated carbocycles. The fourth-order valence-electron chi connectivity index (χ4n) is 1.24. The van der Waals surface area contributed by atoms with Crippen LogP contribution in [-0.2, 0) is 0 Å². The molecule has 0 aliphatic carbocycles. The molecule has 0 unspecified atom stereocenters. The first kappa shape index (κ1) is 10.1. The molecule has 0 saturated heterocycles. The maximum absolute atomic E-state index is 3.16. The van der Waals surface area contributed by atoms with E-state index in [-0.39, 0.29) is 0 Å². The molecule has 1 heteroatoms. The normalized spacial score (nSPS) is 9.13. The molecule has 0 amide bonds. The van der Waals surface area contributed by atoms with E-state index in [1.807, 2.05) is 48.5 Å². The molecule has 0 fully saturated rings. The quantitative estimate of drug-likeness (QED) is 0.497. The molecule has 72 valence electrons. The van der Waals surface area contributed by atoms with E-state index in [1.54, 1.807) is 0 Å². The zero-order valence-electron chi connectivity index (χ0n) is 8.14. The van der Waals surface area contributed by atoms with Gasteiger partial charge in [0.25, 0.3) is 0 Å². The van der Waals surface area contributed by atoms with Crippen molar-refractivity contribution in [2.45, 2.75) is 0 Å². The van der Waals surface area contributed by atoms with Crippen LogP contribution in [0.3, 0.4) is 0 Å². The van der Waals surface area contributed by atoms with E-state index in [2.05, 4.69) is 33.9 Å². The molecule has 2 rings (SSSR count). The van der Waals surface area contributed by atoms with E-state index in [1.165, 1.54) is 0 Å². The monoisotopic (exact) mass is 258 g/mol. The number of hydrogen-bond donors (Lipinski definition) is 0. The predicted molar refractivity (Wildman–Crippen MR) is 65.6 cm³/mol. The second kappa shape index (κ2) is 4.84. The summed E-state index contributed by atoms with van der Waals surface area (Å²) in [6.45, 7) is 0. The van der Waals surface area contributed by atoms with Gasteiger partial charge in [0, 0.05) is 0 Å². The number of rotatable bonds is 0. The summed E-state index contributed by atoms with van der Waals surface area (Å²) >= 11 is 2.54.